The van der Waals surface area contributed by atoms with E-state index in [2.05, 4.69) is 21.3 Å². The van der Waals surface area contributed by atoms with Crippen LogP contribution in [-0.2, 0) is 16.1 Å². The number of urea groups is 1. The number of hydrogen-bond acceptors (Lipinski definition) is 3. The van der Waals surface area contributed by atoms with Crippen LogP contribution in [0.25, 0.3) is 0 Å². The molecule has 0 radical (unpaired) electrons. The van der Waals surface area contributed by atoms with Crippen LogP contribution in [-0.4, -0.2) is 24.4 Å². The van der Waals surface area contributed by atoms with Gasteiger partial charge in [-0.2, -0.15) is 0 Å². The van der Waals surface area contributed by atoms with Crippen molar-refractivity contribution in [2.75, 3.05) is 17.2 Å². The van der Waals surface area contributed by atoms with Crippen molar-refractivity contribution in [1.82, 2.24) is 10.6 Å². The molecule has 0 fully saturated rings. The fourth-order valence-corrected chi connectivity index (χ4v) is 2.17. The van der Waals surface area contributed by atoms with Crippen molar-refractivity contribution >= 4 is 29.2 Å². The van der Waals surface area contributed by atoms with Gasteiger partial charge in [0.25, 0.3) is 0 Å². The van der Waals surface area contributed by atoms with Gasteiger partial charge in [-0.3, -0.25) is 9.59 Å². The van der Waals surface area contributed by atoms with Crippen molar-refractivity contribution in [3.05, 3.63) is 59.9 Å². The van der Waals surface area contributed by atoms with Crippen LogP contribution >= 0.6 is 0 Å². The van der Waals surface area contributed by atoms with Crippen LogP contribution in [0.1, 0.15) is 19.4 Å². The highest BCUT2D eigenvalue weighted by Gasteiger charge is 2.09. The number of amides is 4. The van der Waals surface area contributed by atoms with Crippen molar-refractivity contribution in [3.63, 3.8) is 0 Å². The number of hydrogen-bond donors (Lipinski definition) is 4. The molecule has 7 nitrogen and oxygen atoms in total. The lowest BCUT2D eigenvalue weighted by Gasteiger charge is -2.11. The van der Waals surface area contributed by atoms with Gasteiger partial charge in [0.2, 0.25) is 11.8 Å². The fraction of sp³-hybridized carbons (Fsp3) is 0.250. The Bertz CT molecular complexity index is 838. The second-order valence-corrected chi connectivity index (χ2v) is 6.44. The minimum absolute atomic E-state index is 0.122. The molecule has 0 aliphatic carbocycles. The highest BCUT2D eigenvalue weighted by molar-refractivity contribution is 5.96. The smallest absolute Gasteiger partial charge is 0.315 e. The minimum atomic E-state index is -0.516. The molecular weight excluding hydrogens is 363 g/mol. The van der Waals surface area contributed by atoms with Gasteiger partial charge in [0, 0.05) is 23.8 Å². The highest BCUT2D eigenvalue weighted by Crippen LogP contribution is 2.15. The fourth-order valence-electron chi connectivity index (χ4n) is 2.17. The Labute approximate surface area is 162 Å². The summed E-state index contributed by atoms with van der Waals surface area (Å²) in [6, 6.07) is 12.0. The normalized spacial score (nSPS) is 10.3. The zero-order valence-corrected chi connectivity index (χ0v) is 15.7. The molecule has 2 aromatic carbocycles. The monoisotopic (exact) mass is 386 g/mol. The maximum Gasteiger partial charge on any atom is 0.315 e. The van der Waals surface area contributed by atoms with E-state index in [1.807, 2.05) is 0 Å². The Hall–Kier alpha value is -3.42. The van der Waals surface area contributed by atoms with E-state index in [4.69, 9.17) is 0 Å². The summed E-state index contributed by atoms with van der Waals surface area (Å²) < 4.78 is 12.8. The Balaban J connectivity index is 1.76. The van der Waals surface area contributed by atoms with Gasteiger partial charge in [0.1, 0.15) is 5.82 Å². The molecule has 0 atom stereocenters. The first-order valence-electron chi connectivity index (χ1n) is 8.80. The summed E-state index contributed by atoms with van der Waals surface area (Å²) in [4.78, 5) is 35.5. The van der Waals surface area contributed by atoms with Crippen molar-refractivity contribution in [3.8, 4) is 0 Å². The lowest BCUT2D eigenvalue weighted by atomic mass is 10.2. The average molecular weight is 386 g/mol. The van der Waals surface area contributed by atoms with Crippen LogP contribution in [0.5, 0.6) is 0 Å². The third-order valence-electron chi connectivity index (χ3n) is 3.71. The zero-order chi connectivity index (χ0) is 20.5. The molecule has 0 aliphatic heterocycles. The summed E-state index contributed by atoms with van der Waals surface area (Å²) in [7, 11) is 0. The van der Waals surface area contributed by atoms with Crippen LogP contribution in [0.15, 0.2) is 48.5 Å². The molecule has 4 amide bonds. The number of anilines is 2. The molecule has 2 aromatic rings. The second-order valence-electron chi connectivity index (χ2n) is 6.44. The van der Waals surface area contributed by atoms with Gasteiger partial charge >= 0.3 is 6.03 Å². The van der Waals surface area contributed by atoms with E-state index in [1.165, 1.54) is 12.1 Å². The van der Waals surface area contributed by atoms with Crippen LogP contribution < -0.4 is 21.3 Å². The molecule has 0 heterocycles. The molecule has 0 spiro atoms. The van der Waals surface area contributed by atoms with Crippen LogP contribution in [0.3, 0.4) is 0 Å². The molecule has 148 valence electrons. The zero-order valence-electron chi connectivity index (χ0n) is 15.7. The summed E-state index contributed by atoms with van der Waals surface area (Å²) in [6.45, 7) is 3.56. The molecule has 4 N–H and O–H groups in total. The van der Waals surface area contributed by atoms with E-state index in [-0.39, 0.29) is 30.7 Å². The molecule has 2 rings (SSSR count). The SMILES string of the molecule is CC(C)C(=O)Nc1cccc(NC(=O)CNC(=O)NCc2ccc(F)cc2)c1. The Morgan fingerprint density at radius 1 is 0.929 bits per heavy atom. The average Bonchev–Trinajstić information content (AvgIpc) is 2.66. The van der Waals surface area contributed by atoms with Crippen LogP contribution in [0.2, 0.25) is 0 Å². The number of benzene rings is 2. The van der Waals surface area contributed by atoms with Gasteiger partial charge in [-0.15, -0.1) is 0 Å². The quantitative estimate of drug-likeness (QED) is 0.589. The van der Waals surface area contributed by atoms with E-state index >= 15 is 0 Å². The van der Waals surface area contributed by atoms with Crippen molar-refractivity contribution in [1.29, 1.82) is 0 Å². The molecule has 0 bridgehead atoms. The molecule has 0 aromatic heterocycles. The molecule has 0 saturated heterocycles. The third kappa shape index (κ3) is 7.06. The van der Waals surface area contributed by atoms with Crippen LogP contribution in [0.4, 0.5) is 20.6 Å². The summed E-state index contributed by atoms with van der Waals surface area (Å²) in [5.74, 6) is -1.04. The first kappa shape index (κ1) is 20.9. The highest BCUT2D eigenvalue weighted by atomic mass is 19.1. The van der Waals surface area contributed by atoms with Crippen LogP contribution in [0, 0.1) is 11.7 Å². The minimum Gasteiger partial charge on any atom is -0.334 e. The van der Waals surface area contributed by atoms with E-state index in [0.29, 0.717) is 11.4 Å². The maximum atomic E-state index is 12.8. The number of nitrogens with one attached hydrogen (secondary N) is 4. The van der Waals surface area contributed by atoms with Crippen molar-refractivity contribution in [2.24, 2.45) is 5.92 Å². The molecule has 0 saturated carbocycles. The Morgan fingerprint density at radius 3 is 2.21 bits per heavy atom. The number of rotatable bonds is 7. The molecule has 28 heavy (non-hydrogen) atoms. The molecular formula is C20H23FN4O3. The lowest BCUT2D eigenvalue weighted by molar-refractivity contribution is -0.119. The molecule has 8 heteroatoms. The third-order valence-corrected chi connectivity index (χ3v) is 3.71. The van der Waals surface area contributed by atoms with E-state index in [9.17, 15) is 18.8 Å². The summed E-state index contributed by atoms with van der Waals surface area (Å²) in [6.07, 6.45) is 0. The van der Waals surface area contributed by atoms with Crippen molar-refractivity contribution in [2.45, 2.75) is 20.4 Å². The van der Waals surface area contributed by atoms with Gasteiger partial charge in [-0.25, -0.2) is 9.18 Å². The predicted molar refractivity (Wildman–Crippen MR) is 105 cm³/mol. The number of halogens is 1. The lowest BCUT2D eigenvalue weighted by Crippen LogP contribution is -2.39. The largest absolute Gasteiger partial charge is 0.334 e. The molecule has 0 unspecified atom stereocenters. The van der Waals surface area contributed by atoms with Gasteiger partial charge in [0.05, 0.1) is 6.54 Å². The summed E-state index contributed by atoms with van der Waals surface area (Å²) >= 11 is 0. The first-order valence-corrected chi connectivity index (χ1v) is 8.80. The Morgan fingerprint density at radius 2 is 1.57 bits per heavy atom. The van der Waals surface area contributed by atoms with Gasteiger partial charge in [0.15, 0.2) is 0 Å². The topological polar surface area (TPSA) is 99.3 Å². The van der Waals surface area contributed by atoms with Gasteiger partial charge in [-0.05, 0) is 35.9 Å². The second kappa shape index (κ2) is 10.1. The molecule has 0 aliphatic rings. The first-order chi connectivity index (χ1) is 13.3. The van der Waals surface area contributed by atoms with E-state index in [0.717, 1.165) is 5.56 Å². The van der Waals surface area contributed by atoms with Gasteiger partial charge in [-0.1, -0.05) is 32.0 Å². The van der Waals surface area contributed by atoms with E-state index in [1.54, 1.807) is 50.2 Å². The van der Waals surface area contributed by atoms with E-state index < -0.39 is 11.9 Å². The predicted octanol–water partition coefficient (Wildman–Crippen LogP) is 2.86. The van der Waals surface area contributed by atoms with Crippen molar-refractivity contribution < 1.29 is 18.8 Å². The maximum absolute atomic E-state index is 12.8. The van der Waals surface area contributed by atoms with Gasteiger partial charge < -0.3 is 21.3 Å². The number of carbonyl (C=O) groups excluding carboxylic acids is 3. The summed E-state index contributed by atoms with van der Waals surface area (Å²) in [5.41, 5.74) is 1.81. The summed E-state index contributed by atoms with van der Waals surface area (Å²) in [5, 5.41) is 10.4. The standard InChI is InChI=1S/C20H23FN4O3/c1-13(2)19(27)25-17-5-3-4-16(10-17)24-18(26)12-23-20(28)22-11-14-6-8-15(21)9-7-14/h3-10,13H,11-12H2,1-2H3,(H,24,26)(H,25,27)(H2,22,23,28). The Kier molecular flexibility index (Phi) is 7.50. The number of carbonyl (C=O) groups is 3.